The average Bonchev–Trinajstić information content (AvgIpc) is 2.65. The second-order valence-electron chi connectivity index (χ2n) is 6.66. The topological polar surface area (TPSA) is 84.2 Å². The summed E-state index contributed by atoms with van der Waals surface area (Å²) in [5, 5.41) is 15.0. The van der Waals surface area contributed by atoms with Crippen LogP contribution in [0.3, 0.4) is 0 Å². The predicted octanol–water partition coefficient (Wildman–Crippen LogP) is 5.21. The van der Waals surface area contributed by atoms with Crippen molar-refractivity contribution in [3.05, 3.63) is 75.6 Å². The first-order valence-corrected chi connectivity index (χ1v) is 9.08. The Morgan fingerprint density at radius 2 is 1.86 bits per heavy atom. The summed E-state index contributed by atoms with van der Waals surface area (Å²) in [6.07, 6.45) is 1.35. The molecule has 0 spiro atoms. The number of aryl methyl sites for hydroxylation is 3. The lowest BCUT2D eigenvalue weighted by atomic mass is 10.1. The Kier molecular flexibility index (Phi) is 5.54. The summed E-state index contributed by atoms with van der Waals surface area (Å²) in [4.78, 5) is 21.7. The zero-order valence-electron chi connectivity index (χ0n) is 16.4. The minimum Gasteiger partial charge on any atom is -0.334 e. The third-order valence-corrected chi connectivity index (χ3v) is 4.64. The molecule has 0 unspecified atom stereocenters. The summed E-state index contributed by atoms with van der Waals surface area (Å²) in [7, 11) is 0. The quantitative estimate of drug-likeness (QED) is 0.469. The SMILES string of the molecule is CCN(c1cccc(C)c1)c1ncnc(Nc2ccc(C)c(C)c2)c1[N+](=O)[O-]. The number of hydrogen-bond donors (Lipinski definition) is 1. The molecule has 144 valence electrons. The highest BCUT2D eigenvalue weighted by atomic mass is 16.6. The van der Waals surface area contributed by atoms with Crippen molar-refractivity contribution in [3.63, 3.8) is 0 Å². The molecule has 0 fully saturated rings. The van der Waals surface area contributed by atoms with E-state index < -0.39 is 4.92 Å². The molecule has 7 nitrogen and oxygen atoms in total. The zero-order chi connectivity index (χ0) is 20.3. The van der Waals surface area contributed by atoms with Crippen LogP contribution in [0, 0.1) is 30.9 Å². The fraction of sp³-hybridized carbons (Fsp3) is 0.238. The smallest absolute Gasteiger partial charge is 0.334 e. The van der Waals surface area contributed by atoms with Crippen molar-refractivity contribution in [2.24, 2.45) is 0 Å². The van der Waals surface area contributed by atoms with Crippen molar-refractivity contribution in [1.82, 2.24) is 9.97 Å². The van der Waals surface area contributed by atoms with E-state index in [-0.39, 0.29) is 17.3 Å². The molecule has 0 saturated carbocycles. The van der Waals surface area contributed by atoms with Gasteiger partial charge in [0.05, 0.1) is 4.92 Å². The van der Waals surface area contributed by atoms with E-state index in [9.17, 15) is 10.1 Å². The number of benzene rings is 2. The maximum Gasteiger partial charge on any atom is 0.354 e. The molecule has 1 aromatic heterocycles. The molecule has 1 N–H and O–H groups in total. The van der Waals surface area contributed by atoms with E-state index in [2.05, 4.69) is 15.3 Å². The highest BCUT2D eigenvalue weighted by Gasteiger charge is 2.27. The first-order valence-electron chi connectivity index (χ1n) is 9.08. The molecule has 2 aromatic carbocycles. The standard InChI is InChI=1S/C21H23N5O2/c1-5-25(18-8-6-7-14(2)11-18)21-19(26(27)28)20(22-13-23-21)24-17-10-9-15(3)16(4)12-17/h6-13H,5H2,1-4H3,(H,22,23,24). The minimum atomic E-state index is -0.433. The lowest BCUT2D eigenvalue weighted by Gasteiger charge is -2.22. The summed E-state index contributed by atoms with van der Waals surface area (Å²) >= 11 is 0. The van der Waals surface area contributed by atoms with Gasteiger partial charge in [-0.2, -0.15) is 0 Å². The van der Waals surface area contributed by atoms with Crippen LogP contribution in [-0.4, -0.2) is 21.4 Å². The zero-order valence-corrected chi connectivity index (χ0v) is 16.4. The van der Waals surface area contributed by atoms with Crippen LogP contribution in [0.15, 0.2) is 48.8 Å². The van der Waals surface area contributed by atoms with E-state index in [0.717, 1.165) is 28.1 Å². The van der Waals surface area contributed by atoms with Crippen LogP contribution in [0.2, 0.25) is 0 Å². The summed E-state index contributed by atoms with van der Waals surface area (Å²) in [5.74, 6) is 0.434. The molecule has 1 heterocycles. The Bertz CT molecular complexity index is 1020. The van der Waals surface area contributed by atoms with Crippen LogP contribution < -0.4 is 10.2 Å². The first kappa shape index (κ1) is 19.3. The normalized spacial score (nSPS) is 10.6. The monoisotopic (exact) mass is 377 g/mol. The van der Waals surface area contributed by atoms with Gasteiger partial charge in [-0.15, -0.1) is 0 Å². The van der Waals surface area contributed by atoms with Gasteiger partial charge in [0, 0.05) is 17.9 Å². The van der Waals surface area contributed by atoms with E-state index in [1.165, 1.54) is 6.33 Å². The number of nitro groups is 1. The van der Waals surface area contributed by atoms with Crippen LogP contribution in [0.1, 0.15) is 23.6 Å². The maximum absolute atomic E-state index is 11.9. The van der Waals surface area contributed by atoms with Crippen LogP contribution in [-0.2, 0) is 0 Å². The highest BCUT2D eigenvalue weighted by molar-refractivity contribution is 5.78. The average molecular weight is 377 g/mol. The highest BCUT2D eigenvalue weighted by Crippen LogP contribution is 2.37. The number of nitrogens with one attached hydrogen (secondary N) is 1. The van der Waals surface area contributed by atoms with Crippen molar-refractivity contribution in [1.29, 1.82) is 0 Å². The maximum atomic E-state index is 11.9. The van der Waals surface area contributed by atoms with E-state index >= 15 is 0 Å². The Hall–Kier alpha value is -3.48. The van der Waals surface area contributed by atoms with Crippen LogP contribution in [0.4, 0.5) is 28.7 Å². The van der Waals surface area contributed by atoms with E-state index in [1.54, 1.807) is 0 Å². The minimum absolute atomic E-state index is 0.149. The summed E-state index contributed by atoms with van der Waals surface area (Å²) in [6.45, 7) is 8.47. The molecule has 0 bridgehead atoms. The summed E-state index contributed by atoms with van der Waals surface area (Å²) in [6, 6.07) is 13.6. The van der Waals surface area contributed by atoms with Gasteiger partial charge in [0.2, 0.25) is 11.6 Å². The third kappa shape index (κ3) is 3.93. The summed E-state index contributed by atoms with van der Waals surface area (Å²) < 4.78 is 0. The van der Waals surface area contributed by atoms with Gasteiger partial charge in [-0.05, 0) is 68.7 Å². The van der Waals surface area contributed by atoms with Gasteiger partial charge in [0.25, 0.3) is 0 Å². The van der Waals surface area contributed by atoms with Gasteiger partial charge >= 0.3 is 5.69 Å². The molecule has 7 heteroatoms. The van der Waals surface area contributed by atoms with Gasteiger partial charge < -0.3 is 10.2 Å². The van der Waals surface area contributed by atoms with Crippen molar-refractivity contribution in [2.45, 2.75) is 27.7 Å². The molecule has 0 amide bonds. The molecule has 0 radical (unpaired) electrons. The van der Waals surface area contributed by atoms with Crippen molar-refractivity contribution >= 4 is 28.7 Å². The molecule has 0 atom stereocenters. The van der Waals surface area contributed by atoms with Crippen molar-refractivity contribution < 1.29 is 4.92 Å². The molecule has 3 aromatic rings. The molecule has 0 aliphatic rings. The van der Waals surface area contributed by atoms with Crippen LogP contribution in [0.25, 0.3) is 0 Å². The summed E-state index contributed by atoms with van der Waals surface area (Å²) in [5.41, 5.74) is 4.76. The van der Waals surface area contributed by atoms with Gasteiger partial charge in [0.15, 0.2) is 0 Å². The van der Waals surface area contributed by atoms with Gasteiger partial charge in [0.1, 0.15) is 6.33 Å². The second kappa shape index (κ2) is 8.04. The van der Waals surface area contributed by atoms with Crippen molar-refractivity contribution in [2.75, 3.05) is 16.8 Å². The Morgan fingerprint density at radius 3 is 2.50 bits per heavy atom. The number of anilines is 4. The molecule has 28 heavy (non-hydrogen) atoms. The molecule has 0 saturated heterocycles. The van der Waals surface area contributed by atoms with Crippen molar-refractivity contribution in [3.8, 4) is 0 Å². The number of nitrogens with zero attached hydrogens (tertiary/aromatic N) is 4. The molecule has 0 aliphatic heterocycles. The molecular weight excluding hydrogens is 354 g/mol. The number of aromatic nitrogens is 2. The number of rotatable bonds is 6. The van der Waals surface area contributed by atoms with E-state index in [4.69, 9.17) is 0 Å². The molecule has 0 aliphatic carbocycles. The fourth-order valence-electron chi connectivity index (χ4n) is 3.03. The Labute approximate surface area is 164 Å². The molecule has 3 rings (SSSR count). The van der Waals surface area contributed by atoms with E-state index in [1.807, 2.05) is 75.1 Å². The van der Waals surface area contributed by atoms with Gasteiger partial charge in [-0.25, -0.2) is 9.97 Å². The first-order chi connectivity index (χ1) is 13.4. The van der Waals surface area contributed by atoms with Crippen LogP contribution >= 0.6 is 0 Å². The van der Waals surface area contributed by atoms with Gasteiger partial charge in [-0.1, -0.05) is 18.2 Å². The van der Waals surface area contributed by atoms with E-state index in [0.29, 0.717) is 6.54 Å². The van der Waals surface area contributed by atoms with Gasteiger partial charge in [-0.3, -0.25) is 10.1 Å². The Morgan fingerprint density at radius 1 is 1.07 bits per heavy atom. The lowest BCUT2D eigenvalue weighted by Crippen LogP contribution is -2.20. The third-order valence-electron chi connectivity index (χ3n) is 4.64. The second-order valence-corrected chi connectivity index (χ2v) is 6.66. The number of hydrogen-bond acceptors (Lipinski definition) is 6. The lowest BCUT2D eigenvalue weighted by molar-refractivity contribution is -0.383. The predicted molar refractivity (Wildman–Crippen MR) is 112 cm³/mol. The molecular formula is C21H23N5O2. The van der Waals surface area contributed by atoms with Crippen LogP contribution in [0.5, 0.6) is 0 Å². The Balaban J connectivity index is 2.08. The largest absolute Gasteiger partial charge is 0.354 e. The fourth-order valence-corrected chi connectivity index (χ4v) is 3.03.